The third kappa shape index (κ3) is 1.40. The van der Waals surface area contributed by atoms with Crippen LogP contribution in [0.25, 0.3) is 0 Å². The maximum absolute atomic E-state index is 5.50. The number of rotatable bonds is 1. The van der Waals surface area contributed by atoms with Crippen LogP contribution >= 0.6 is 0 Å². The van der Waals surface area contributed by atoms with Gasteiger partial charge in [0.05, 0.1) is 13.2 Å². The summed E-state index contributed by atoms with van der Waals surface area (Å²) in [4.78, 5) is 2.74. The fraction of sp³-hybridized carbons (Fsp3) is 1.00. The molecule has 2 saturated heterocycles. The number of nitrogens with zero attached hydrogens (tertiary/aromatic N) is 1. The minimum atomic E-state index is 0.876. The SMILES string of the molecule is C1CCC(N2CC3COCC3C2)C1. The van der Waals surface area contributed by atoms with E-state index in [2.05, 4.69) is 4.90 Å². The molecule has 13 heavy (non-hydrogen) atoms. The van der Waals surface area contributed by atoms with Gasteiger partial charge in [0.1, 0.15) is 0 Å². The molecule has 2 nitrogen and oxygen atoms in total. The maximum Gasteiger partial charge on any atom is 0.0510 e. The van der Waals surface area contributed by atoms with Gasteiger partial charge in [-0.3, -0.25) is 4.90 Å². The lowest BCUT2D eigenvalue weighted by molar-refractivity contribution is 0.139. The van der Waals surface area contributed by atoms with Crippen LogP contribution < -0.4 is 0 Å². The van der Waals surface area contributed by atoms with E-state index in [4.69, 9.17) is 4.74 Å². The van der Waals surface area contributed by atoms with E-state index in [1.807, 2.05) is 0 Å². The molecule has 0 aromatic rings. The van der Waals surface area contributed by atoms with Crippen LogP contribution in [0.3, 0.4) is 0 Å². The lowest BCUT2D eigenvalue weighted by atomic mass is 10.0. The van der Waals surface area contributed by atoms with Crippen LogP contribution in [0.1, 0.15) is 25.7 Å². The van der Waals surface area contributed by atoms with Crippen molar-refractivity contribution in [3.05, 3.63) is 0 Å². The van der Waals surface area contributed by atoms with Crippen LogP contribution in [-0.2, 0) is 4.74 Å². The molecule has 1 aliphatic carbocycles. The summed E-state index contributed by atoms with van der Waals surface area (Å²) in [6, 6.07) is 0.936. The summed E-state index contributed by atoms with van der Waals surface area (Å²) in [6.45, 7) is 4.73. The quantitative estimate of drug-likeness (QED) is 0.608. The van der Waals surface area contributed by atoms with Crippen LogP contribution in [0.5, 0.6) is 0 Å². The third-order valence-electron chi connectivity index (χ3n) is 4.11. The lowest BCUT2D eigenvalue weighted by Gasteiger charge is -2.24. The molecule has 3 rings (SSSR count). The van der Waals surface area contributed by atoms with Crippen molar-refractivity contribution in [3.8, 4) is 0 Å². The number of hydrogen-bond donors (Lipinski definition) is 0. The lowest BCUT2D eigenvalue weighted by Crippen LogP contribution is -2.32. The van der Waals surface area contributed by atoms with Crippen molar-refractivity contribution < 1.29 is 4.74 Å². The molecule has 2 atom stereocenters. The Balaban J connectivity index is 1.62. The average Bonchev–Trinajstić information content (AvgIpc) is 2.78. The van der Waals surface area contributed by atoms with E-state index in [1.165, 1.54) is 38.8 Å². The highest BCUT2D eigenvalue weighted by molar-refractivity contribution is 4.91. The summed E-state index contributed by atoms with van der Waals surface area (Å²) in [5.74, 6) is 1.75. The zero-order valence-corrected chi connectivity index (χ0v) is 8.24. The minimum Gasteiger partial charge on any atom is -0.381 e. The van der Waals surface area contributed by atoms with Crippen molar-refractivity contribution in [1.29, 1.82) is 0 Å². The molecule has 0 radical (unpaired) electrons. The molecule has 2 aliphatic heterocycles. The Morgan fingerprint density at radius 3 is 2.15 bits per heavy atom. The van der Waals surface area contributed by atoms with E-state index in [0.29, 0.717) is 0 Å². The predicted molar refractivity (Wildman–Crippen MR) is 51.6 cm³/mol. The Kier molecular flexibility index (Phi) is 2.06. The van der Waals surface area contributed by atoms with Gasteiger partial charge in [0.15, 0.2) is 0 Å². The zero-order valence-electron chi connectivity index (χ0n) is 8.24. The molecule has 0 spiro atoms. The third-order valence-corrected chi connectivity index (χ3v) is 4.11. The zero-order chi connectivity index (χ0) is 8.67. The monoisotopic (exact) mass is 181 g/mol. The van der Waals surface area contributed by atoms with Gasteiger partial charge >= 0.3 is 0 Å². The standard InChI is InChI=1S/C11H19NO/c1-2-4-11(3-1)12-5-9-7-13-8-10(9)6-12/h9-11H,1-8H2. The van der Waals surface area contributed by atoms with Gasteiger partial charge in [0.2, 0.25) is 0 Å². The molecule has 0 amide bonds. The van der Waals surface area contributed by atoms with Crippen LogP contribution in [0, 0.1) is 11.8 Å². The molecule has 3 aliphatic rings. The second-order valence-corrected chi connectivity index (χ2v) is 4.95. The fourth-order valence-corrected chi connectivity index (χ4v) is 3.29. The number of fused-ring (bicyclic) bond motifs is 1. The molecule has 0 aromatic heterocycles. The van der Waals surface area contributed by atoms with Gasteiger partial charge in [-0.05, 0) is 12.8 Å². The normalized spacial score (nSPS) is 41.5. The van der Waals surface area contributed by atoms with Crippen molar-refractivity contribution in [1.82, 2.24) is 4.90 Å². The largest absolute Gasteiger partial charge is 0.381 e. The second kappa shape index (κ2) is 3.25. The van der Waals surface area contributed by atoms with E-state index >= 15 is 0 Å². The molecule has 0 bridgehead atoms. The topological polar surface area (TPSA) is 12.5 Å². The van der Waals surface area contributed by atoms with Gasteiger partial charge in [-0.1, -0.05) is 12.8 Å². The highest BCUT2D eigenvalue weighted by Crippen LogP contribution is 2.34. The van der Waals surface area contributed by atoms with E-state index in [-0.39, 0.29) is 0 Å². The van der Waals surface area contributed by atoms with Crippen molar-refractivity contribution in [2.75, 3.05) is 26.3 Å². The summed E-state index contributed by atoms with van der Waals surface area (Å²) in [7, 11) is 0. The van der Waals surface area contributed by atoms with Crippen molar-refractivity contribution in [2.45, 2.75) is 31.7 Å². The maximum atomic E-state index is 5.50. The van der Waals surface area contributed by atoms with Crippen LogP contribution in [-0.4, -0.2) is 37.2 Å². The highest BCUT2D eigenvalue weighted by atomic mass is 16.5. The number of ether oxygens (including phenoxy) is 1. The van der Waals surface area contributed by atoms with E-state index in [9.17, 15) is 0 Å². The summed E-state index contributed by atoms with van der Waals surface area (Å²) >= 11 is 0. The van der Waals surface area contributed by atoms with E-state index < -0.39 is 0 Å². The first-order valence-corrected chi connectivity index (χ1v) is 5.75. The van der Waals surface area contributed by atoms with Gasteiger partial charge in [0.25, 0.3) is 0 Å². The molecular weight excluding hydrogens is 162 g/mol. The fourth-order valence-electron chi connectivity index (χ4n) is 3.29. The van der Waals surface area contributed by atoms with E-state index in [0.717, 1.165) is 31.1 Å². The van der Waals surface area contributed by atoms with Crippen molar-refractivity contribution >= 4 is 0 Å². The van der Waals surface area contributed by atoms with E-state index in [1.54, 1.807) is 0 Å². The van der Waals surface area contributed by atoms with Gasteiger partial charge in [-0.25, -0.2) is 0 Å². The average molecular weight is 181 g/mol. The molecule has 0 N–H and O–H groups in total. The molecule has 2 unspecified atom stereocenters. The summed E-state index contributed by atoms with van der Waals surface area (Å²) in [5.41, 5.74) is 0. The summed E-state index contributed by atoms with van der Waals surface area (Å²) < 4.78 is 5.50. The number of hydrogen-bond acceptors (Lipinski definition) is 2. The molecule has 1 saturated carbocycles. The van der Waals surface area contributed by atoms with Crippen molar-refractivity contribution in [3.63, 3.8) is 0 Å². The summed E-state index contributed by atoms with van der Waals surface area (Å²) in [5, 5.41) is 0. The Labute approximate surface area is 80.2 Å². The Morgan fingerprint density at radius 1 is 0.923 bits per heavy atom. The number of likely N-dealkylation sites (tertiary alicyclic amines) is 1. The first-order chi connectivity index (χ1) is 6.43. The molecular formula is C11H19NO. The first-order valence-electron chi connectivity index (χ1n) is 5.75. The van der Waals surface area contributed by atoms with Crippen LogP contribution in [0.15, 0.2) is 0 Å². The Morgan fingerprint density at radius 2 is 1.54 bits per heavy atom. The van der Waals surface area contributed by atoms with Crippen LogP contribution in [0.4, 0.5) is 0 Å². The van der Waals surface area contributed by atoms with Crippen LogP contribution in [0.2, 0.25) is 0 Å². The highest BCUT2D eigenvalue weighted by Gasteiger charge is 2.39. The molecule has 2 heteroatoms. The van der Waals surface area contributed by atoms with Gasteiger partial charge in [-0.2, -0.15) is 0 Å². The summed E-state index contributed by atoms with van der Waals surface area (Å²) in [6.07, 6.45) is 5.85. The first kappa shape index (κ1) is 8.25. The van der Waals surface area contributed by atoms with Gasteiger partial charge in [0, 0.05) is 31.0 Å². The molecule has 74 valence electrons. The van der Waals surface area contributed by atoms with Gasteiger partial charge < -0.3 is 4.74 Å². The van der Waals surface area contributed by atoms with Crippen molar-refractivity contribution in [2.24, 2.45) is 11.8 Å². The van der Waals surface area contributed by atoms with Gasteiger partial charge in [-0.15, -0.1) is 0 Å². The smallest absolute Gasteiger partial charge is 0.0510 e. The Hall–Kier alpha value is -0.0800. The minimum absolute atomic E-state index is 0.876. The predicted octanol–water partition coefficient (Wildman–Crippen LogP) is 1.51. The molecule has 2 heterocycles. The molecule has 3 fully saturated rings. The second-order valence-electron chi connectivity index (χ2n) is 4.95. The molecule has 0 aromatic carbocycles. The Bertz CT molecular complexity index is 177.